The van der Waals surface area contributed by atoms with Crippen LogP contribution in [0.1, 0.15) is 182 Å². The average Bonchev–Trinajstić information content (AvgIpc) is 2.82. The van der Waals surface area contributed by atoms with Crippen molar-refractivity contribution in [2.45, 2.75) is 193 Å². The molecule has 0 aliphatic rings. The van der Waals surface area contributed by atoms with Gasteiger partial charge in [-0.2, -0.15) is 0 Å². The number of quaternary nitrogens is 1. The van der Waals surface area contributed by atoms with Crippen molar-refractivity contribution in [1.29, 1.82) is 0 Å². The van der Waals surface area contributed by atoms with Crippen molar-refractivity contribution in [2.24, 2.45) is 0 Å². The van der Waals surface area contributed by atoms with Crippen molar-refractivity contribution in [1.82, 2.24) is 0 Å². The van der Waals surface area contributed by atoms with E-state index in [1.807, 2.05) is 0 Å². The fourth-order valence-corrected chi connectivity index (χ4v) is 4.88. The zero-order valence-electron chi connectivity index (χ0n) is 24.5. The van der Waals surface area contributed by atoms with Crippen molar-refractivity contribution in [3.8, 4) is 0 Å². The lowest BCUT2D eigenvalue weighted by Gasteiger charge is -2.26. The van der Waals surface area contributed by atoms with Gasteiger partial charge in [0.05, 0.1) is 17.6 Å². The maximum Gasteiger partial charge on any atom is 0.0945 e. The van der Waals surface area contributed by atoms with Crippen molar-refractivity contribution >= 4 is 5.97 Å². The van der Waals surface area contributed by atoms with Gasteiger partial charge in [-0.3, -0.25) is 0 Å². The predicted octanol–water partition coefficient (Wildman–Crippen LogP) is 7.51. The van der Waals surface area contributed by atoms with Crippen molar-refractivity contribution in [3.63, 3.8) is 0 Å². The summed E-state index contributed by atoms with van der Waals surface area (Å²) >= 11 is 0. The van der Waals surface area contributed by atoms with Crippen LogP contribution in [0.5, 0.6) is 0 Å². The van der Waals surface area contributed by atoms with Crippen LogP contribution >= 0.6 is 0 Å². The summed E-state index contributed by atoms with van der Waals surface area (Å²) < 4.78 is 0. The van der Waals surface area contributed by atoms with Crippen LogP contribution in [-0.2, 0) is 4.79 Å². The SMILES string of the molecule is CC(O)C(=O)[O-].CCCCCCCCCCCCC([NH3+])(CCC)CCCCCCCCCCCC. The Morgan fingerprint density at radius 1 is 0.600 bits per heavy atom. The zero-order chi connectivity index (χ0) is 26.6. The molecule has 0 heterocycles. The first-order valence-electron chi connectivity index (χ1n) is 15.6. The van der Waals surface area contributed by atoms with Crippen LogP contribution in [0.4, 0.5) is 0 Å². The number of hydrogen-bond donors (Lipinski definition) is 2. The van der Waals surface area contributed by atoms with E-state index < -0.39 is 12.1 Å². The lowest BCUT2D eigenvalue weighted by Crippen LogP contribution is -2.72. The van der Waals surface area contributed by atoms with Gasteiger partial charge >= 0.3 is 0 Å². The first-order valence-corrected chi connectivity index (χ1v) is 15.6. The van der Waals surface area contributed by atoms with Gasteiger partial charge in [0.2, 0.25) is 0 Å². The van der Waals surface area contributed by atoms with Gasteiger partial charge in [0.1, 0.15) is 0 Å². The molecule has 4 heteroatoms. The van der Waals surface area contributed by atoms with Crippen LogP contribution in [0.3, 0.4) is 0 Å². The van der Waals surface area contributed by atoms with E-state index in [-0.39, 0.29) is 0 Å². The Morgan fingerprint density at radius 2 is 0.857 bits per heavy atom. The van der Waals surface area contributed by atoms with Crippen LogP contribution in [0.15, 0.2) is 0 Å². The number of carbonyl (C=O) groups excluding carboxylic acids is 1. The van der Waals surface area contributed by atoms with Gasteiger partial charge in [-0.05, 0) is 19.8 Å². The first-order chi connectivity index (χ1) is 16.8. The molecule has 4 nitrogen and oxygen atoms in total. The maximum atomic E-state index is 9.34. The third-order valence-corrected chi connectivity index (χ3v) is 7.24. The average molecular weight is 500 g/mol. The molecule has 0 aromatic rings. The number of aliphatic hydroxyl groups is 1. The molecule has 0 saturated heterocycles. The summed E-state index contributed by atoms with van der Waals surface area (Å²) in [4.78, 5) is 9.34. The Bertz CT molecular complexity index is 401. The first kappa shape index (κ1) is 36.5. The Hall–Kier alpha value is -0.610. The molecule has 0 fully saturated rings. The summed E-state index contributed by atoms with van der Waals surface area (Å²) in [6.45, 7) is 8.08. The van der Waals surface area contributed by atoms with E-state index in [1.54, 1.807) is 0 Å². The largest absolute Gasteiger partial charge is 0.547 e. The van der Waals surface area contributed by atoms with E-state index in [0.717, 1.165) is 6.92 Å². The molecule has 1 unspecified atom stereocenters. The van der Waals surface area contributed by atoms with E-state index in [1.165, 1.54) is 154 Å². The minimum Gasteiger partial charge on any atom is -0.547 e. The van der Waals surface area contributed by atoms with Crippen molar-refractivity contribution < 1.29 is 20.7 Å². The fourth-order valence-electron chi connectivity index (χ4n) is 4.88. The second-order valence-corrected chi connectivity index (χ2v) is 11.1. The molecule has 1 atom stereocenters. The molecule has 0 rings (SSSR count). The summed E-state index contributed by atoms with van der Waals surface area (Å²) in [7, 11) is 0. The van der Waals surface area contributed by atoms with Gasteiger partial charge in [-0.25, -0.2) is 0 Å². The molecule has 0 aliphatic heterocycles. The third kappa shape index (κ3) is 29.5. The lowest BCUT2D eigenvalue weighted by atomic mass is 9.83. The lowest BCUT2D eigenvalue weighted by molar-refractivity contribution is -0.484. The fraction of sp³-hybridized carbons (Fsp3) is 0.968. The zero-order valence-corrected chi connectivity index (χ0v) is 24.5. The van der Waals surface area contributed by atoms with E-state index in [2.05, 4.69) is 20.8 Å². The van der Waals surface area contributed by atoms with Crippen LogP contribution in [0.2, 0.25) is 0 Å². The van der Waals surface area contributed by atoms with E-state index >= 15 is 0 Å². The Morgan fingerprint density at radius 3 is 1.09 bits per heavy atom. The molecular weight excluding hydrogens is 434 g/mol. The van der Waals surface area contributed by atoms with Crippen molar-refractivity contribution in [2.75, 3.05) is 0 Å². The summed E-state index contributed by atoms with van der Waals surface area (Å²) in [6, 6.07) is 0. The van der Waals surface area contributed by atoms with Crippen LogP contribution in [0.25, 0.3) is 0 Å². The highest BCUT2D eigenvalue weighted by molar-refractivity contribution is 5.68. The summed E-state index contributed by atoms with van der Waals surface area (Å²) in [5.41, 5.74) is 5.09. The normalized spacial score (nSPS) is 12.3. The maximum absolute atomic E-state index is 9.34. The van der Waals surface area contributed by atoms with Gasteiger partial charge in [0.15, 0.2) is 0 Å². The minimum absolute atomic E-state index is 0.384. The second kappa shape index (κ2) is 28.0. The quantitative estimate of drug-likeness (QED) is 0.127. The molecule has 0 aromatic carbocycles. The van der Waals surface area contributed by atoms with Gasteiger partial charge in [0, 0.05) is 19.3 Å². The number of hydrogen-bond acceptors (Lipinski definition) is 3. The standard InChI is InChI=1S/C28H59N.C3H6O3/c1-4-7-9-11-13-15-17-19-21-23-26-28(29,25-6-3)27-24-22-20-18-16-14-12-10-8-5-2;1-2(4)3(5)6/h4-27,29H2,1-3H3;2,4H,1H3,(H,5,6). The topological polar surface area (TPSA) is 88.0 Å². The molecule has 0 radical (unpaired) electrons. The number of carboxylic acids is 1. The minimum atomic E-state index is -1.44. The number of aliphatic carboxylic acids is 1. The van der Waals surface area contributed by atoms with E-state index in [9.17, 15) is 9.90 Å². The van der Waals surface area contributed by atoms with E-state index in [0.29, 0.717) is 5.54 Å². The highest BCUT2D eigenvalue weighted by atomic mass is 16.4. The number of rotatable bonds is 25. The number of unbranched alkanes of at least 4 members (excludes halogenated alkanes) is 18. The predicted molar refractivity (Wildman–Crippen MR) is 150 cm³/mol. The van der Waals surface area contributed by atoms with Gasteiger partial charge < -0.3 is 20.7 Å². The molecule has 0 aliphatic carbocycles. The van der Waals surface area contributed by atoms with Crippen LogP contribution in [-0.4, -0.2) is 22.7 Å². The molecule has 0 aromatic heterocycles. The Labute approximate surface area is 220 Å². The molecule has 212 valence electrons. The molecule has 0 bridgehead atoms. The molecule has 35 heavy (non-hydrogen) atoms. The second-order valence-electron chi connectivity index (χ2n) is 11.1. The summed E-state index contributed by atoms with van der Waals surface area (Å²) in [5, 5.41) is 17.3. The molecule has 0 spiro atoms. The van der Waals surface area contributed by atoms with Gasteiger partial charge in [-0.1, -0.05) is 143 Å². The molecule has 4 N–H and O–H groups in total. The highest BCUT2D eigenvalue weighted by Crippen LogP contribution is 2.24. The Kier molecular flexibility index (Phi) is 29.2. The summed E-state index contributed by atoms with van der Waals surface area (Å²) in [5.74, 6) is -1.44. The smallest absolute Gasteiger partial charge is 0.0945 e. The number of aliphatic hydroxyl groups excluding tert-OH is 1. The highest BCUT2D eigenvalue weighted by Gasteiger charge is 2.26. The van der Waals surface area contributed by atoms with E-state index in [4.69, 9.17) is 10.8 Å². The third-order valence-electron chi connectivity index (χ3n) is 7.24. The van der Waals surface area contributed by atoms with Crippen molar-refractivity contribution in [3.05, 3.63) is 0 Å². The van der Waals surface area contributed by atoms with Gasteiger partial charge in [-0.15, -0.1) is 0 Å². The number of carboxylic acid groups (broad SMARTS) is 1. The molecule has 0 amide bonds. The number of carbonyl (C=O) groups is 1. The van der Waals surface area contributed by atoms with Crippen LogP contribution < -0.4 is 10.8 Å². The monoisotopic (exact) mass is 499 g/mol. The molecular formula is C31H65NO3. The Balaban J connectivity index is 0. The van der Waals surface area contributed by atoms with Gasteiger partial charge in [0.25, 0.3) is 0 Å². The van der Waals surface area contributed by atoms with Crippen LogP contribution in [0, 0.1) is 0 Å². The molecule has 0 saturated carbocycles. The summed E-state index contributed by atoms with van der Waals surface area (Å²) in [6.07, 6.45) is 32.9.